The highest BCUT2D eigenvalue weighted by atomic mass is 32.1. The molecular weight excluding hydrogens is 328 g/mol. The van der Waals surface area contributed by atoms with Crippen molar-refractivity contribution in [1.29, 1.82) is 0 Å². The molecule has 25 heavy (non-hydrogen) atoms. The van der Waals surface area contributed by atoms with E-state index in [4.69, 9.17) is 0 Å². The van der Waals surface area contributed by atoms with Gasteiger partial charge < -0.3 is 15.5 Å². The van der Waals surface area contributed by atoms with Crippen LogP contribution < -0.4 is 10.6 Å². The third-order valence-electron chi connectivity index (χ3n) is 5.82. The first-order chi connectivity index (χ1) is 12.1. The van der Waals surface area contributed by atoms with Gasteiger partial charge in [0.05, 0.1) is 0 Å². The van der Waals surface area contributed by atoms with Gasteiger partial charge in [-0.15, -0.1) is 11.3 Å². The normalized spacial score (nSPS) is 21.6. The fourth-order valence-corrected chi connectivity index (χ4v) is 4.97. The molecule has 5 heteroatoms. The Kier molecular flexibility index (Phi) is 6.39. The molecule has 2 fully saturated rings. The zero-order valence-corrected chi connectivity index (χ0v) is 16.9. The molecule has 1 aromatic heterocycles. The van der Waals surface area contributed by atoms with Gasteiger partial charge in [-0.25, -0.2) is 0 Å². The number of nitrogens with one attached hydrogen (secondary N) is 2. The average molecular weight is 363 g/mol. The van der Waals surface area contributed by atoms with E-state index in [-0.39, 0.29) is 5.41 Å². The number of thiophene rings is 1. The van der Waals surface area contributed by atoms with Crippen LogP contribution in [-0.4, -0.2) is 49.6 Å². The van der Waals surface area contributed by atoms with Crippen molar-refractivity contribution in [2.75, 3.05) is 26.7 Å². The fourth-order valence-electron chi connectivity index (χ4n) is 4.12. The van der Waals surface area contributed by atoms with Crippen LogP contribution in [-0.2, 0) is 5.41 Å². The fraction of sp³-hybridized carbons (Fsp3) is 0.750. The predicted octanol–water partition coefficient (Wildman–Crippen LogP) is 3.60. The van der Waals surface area contributed by atoms with E-state index in [9.17, 15) is 0 Å². The van der Waals surface area contributed by atoms with Crippen molar-refractivity contribution in [2.24, 2.45) is 4.99 Å². The van der Waals surface area contributed by atoms with Crippen molar-refractivity contribution in [3.63, 3.8) is 0 Å². The Hall–Kier alpha value is -1.07. The summed E-state index contributed by atoms with van der Waals surface area (Å²) in [5.74, 6) is 0.948. The average Bonchev–Trinajstić information content (AvgIpc) is 3.33. The van der Waals surface area contributed by atoms with Gasteiger partial charge >= 0.3 is 0 Å². The second-order valence-corrected chi connectivity index (χ2v) is 9.13. The molecule has 1 saturated carbocycles. The SMILES string of the molecule is CN=C(NCC(C)(C)c1cccs1)NC1CCN(C2CCCC2)CC1. The molecule has 0 spiro atoms. The van der Waals surface area contributed by atoms with E-state index in [1.54, 1.807) is 0 Å². The molecule has 0 amide bonds. The zero-order chi connectivity index (χ0) is 17.7. The van der Waals surface area contributed by atoms with Gasteiger partial charge in [0.25, 0.3) is 0 Å². The third kappa shape index (κ3) is 4.98. The Morgan fingerprint density at radius 3 is 2.56 bits per heavy atom. The van der Waals surface area contributed by atoms with Crippen LogP contribution in [0.25, 0.3) is 0 Å². The van der Waals surface area contributed by atoms with Crippen LogP contribution in [0.2, 0.25) is 0 Å². The van der Waals surface area contributed by atoms with E-state index >= 15 is 0 Å². The van der Waals surface area contributed by atoms with Gasteiger partial charge in [0.1, 0.15) is 0 Å². The first-order valence-corrected chi connectivity index (χ1v) is 10.7. The Balaban J connectivity index is 1.43. The second-order valence-electron chi connectivity index (χ2n) is 8.18. The number of hydrogen-bond acceptors (Lipinski definition) is 3. The summed E-state index contributed by atoms with van der Waals surface area (Å²) >= 11 is 1.83. The minimum absolute atomic E-state index is 0.123. The molecule has 0 unspecified atom stereocenters. The van der Waals surface area contributed by atoms with Gasteiger partial charge in [0, 0.05) is 49.1 Å². The van der Waals surface area contributed by atoms with E-state index in [0.717, 1.165) is 18.5 Å². The van der Waals surface area contributed by atoms with Crippen molar-refractivity contribution < 1.29 is 0 Å². The first kappa shape index (κ1) is 18.7. The molecule has 4 nitrogen and oxygen atoms in total. The Labute approximate surface area is 157 Å². The van der Waals surface area contributed by atoms with Gasteiger partial charge in [-0.05, 0) is 37.1 Å². The molecule has 0 radical (unpaired) electrons. The summed E-state index contributed by atoms with van der Waals surface area (Å²) in [6.45, 7) is 7.95. The van der Waals surface area contributed by atoms with Crippen LogP contribution in [0, 0.1) is 0 Å². The highest BCUT2D eigenvalue weighted by molar-refractivity contribution is 7.10. The van der Waals surface area contributed by atoms with Crippen molar-refractivity contribution in [1.82, 2.24) is 15.5 Å². The van der Waals surface area contributed by atoms with E-state index in [0.29, 0.717) is 6.04 Å². The van der Waals surface area contributed by atoms with Crippen molar-refractivity contribution >= 4 is 17.3 Å². The molecule has 1 saturated heterocycles. The maximum Gasteiger partial charge on any atom is 0.191 e. The lowest BCUT2D eigenvalue weighted by Crippen LogP contribution is -2.51. The molecule has 1 aromatic rings. The number of aliphatic imine (C=N–C) groups is 1. The van der Waals surface area contributed by atoms with Gasteiger partial charge in [0.15, 0.2) is 5.96 Å². The smallest absolute Gasteiger partial charge is 0.191 e. The summed E-state index contributed by atoms with van der Waals surface area (Å²) in [6.07, 6.45) is 8.15. The minimum atomic E-state index is 0.123. The highest BCUT2D eigenvalue weighted by Crippen LogP contribution is 2.27. The molecule has 1 aliphatic heterocycles. The van der Waals surface area contributed by atoms with Crippen LogP contribution in [0.1, 0.15) is 57.2 Å². The molecule has 0 bridgehead atoms. The topological polar surface area (TPSA) is 39.7 Å². The lowest BCUT2D eigenvalue weighted by molar-refractivity contribution is 0.150. The standard InChI is InChI=1S/C20H34N4S/c1-20(2,18-9-6-14-25-18)15-22-19(21-3)23-16-10-12-24(13-11-16)17-7-4-5-8-17/h6,9,14,16-17H,4-5,7-8,10-13,15H2,1-3H3,(H2,21,22,23). The number of nitrogens with zero attached hydrogens (tertiary/aromatic N) is 2. The minimum Gasteiger partial charge on any atom is -0.356 e. The zero-order valence-electron chi connectivity index (χ0n) is 16.1. The maximum absolute atomic E-state index is 4.45. The molecule has 0 aromatic carbocycles. The van der Waals surface area contributed by atoms with Crippen molar-refractivity contribution in [2.45, 2.75) is 69.9 Å². The molecule has 0 atom stereocenters. The van der Waals surface area contributed by atoms with E-state index in [1.165, 1.54) is 56.5 Å². The highest BCUT2D eigenvalue weighted by Gasteiger charge is 2.28. The lowest BCUT2D eigenvalue weighted by atomic mass is 9.91. The lowest BCUT2D eigenvalue weighted by Gasteiger charge is -2.37. The summed E-state index contributed by atoms with van der Waals surface area (Å²) in [5, 5.41) is 9.35. The van der Waals surface area contributed by atoms with Crippen LogP contribution in [0.5, 0.6) is 0 Å². The van der Waals surface area contributed by atoms with Crippen molar-refractivity contribution in [3.05, 3.63) is 22.4 Å². The number of likely N-dealkylation sites (tertiary alicyclic amines) is 1. The largest absolute Gasteiger partial charge is 0.356 e. The molecular formula is C20H34N4S. The Bertz CT molecular complexity index is 538. The number of rotatable bonds is 5. The molecule has 2 aliphatic rings. The van der Waals surface area contributed by atoms with Crippen LogP contribution >= 0.6 is 11.3 Å². The van der Waals surface area contributed by atoms with E-state index in [2.05, 4.69) is 51.9 Å². The van der Waals surface area contributed by atoms with Crippen LogP contribution in [0.4, 0.5) is 0 Å². The number of hydrogen-bond donors (Lipinski definition) is 2. The Morgan fingerprint density at radius 1 is 1.24 bits per heavy atom. The molecule has 3 rings (SSSR count). The van der Waals surface area contributed by atoms with Gasteiger partial charge in [0.2, 0.25) is 0 Å². The molecule has 2 N–H and O–H groups in total. The van der Waals surface area contributed by atoms with Crippen molar-refractivity contribution in [3.8, 4) is 0 Å². The summed E-state index contributed by atoms with van der Waals surface area (Å²) in [7, 11) is 1.88. The van der Waals surface area contributed by atoms with Crippen LogP contribution in [0.3, 0.4) is 0 Å². The monoisotopic (exact) mass is 362 g/mol. The first-order valence-electron chi connectivity index (χ1n) is 9.84. The molecule has 140 valence electrons. The second kappa shape index (κ2) is 8.54. The summed E-state index contributed by atoms with van der Waals surface area (Å²) < 4.78 is 0. The van der Waals surface area contributed by atoms with Gasteiger partial charge in [-0.1, -0.05) is 32.8 Å². The van der Waals surface area contributed by atoms with E-state index in [1.807, 2.05) is 18.4 Å². The summed E-state index contributed by atoms with van der Waals surface area (Å²) in [5.41, 5.74) is 0.123. The number of guanidine groups is 1. The summed E-state index contributed by atoms with van der Waals surface area (Å²) in [4.78, 5) is 8.59. The predicted molar refractivity (Wildman–Crippen MR) is 109 cm³/mol. The van der Waals surface area contributed by atoms with E-state index < -0.39 is 0 Å². The Morgan fingerprint density at radius 2 is 1.96 bits per heavy atom. The maximum atomic E-state index is 4.45. The van der Waals surface area contributed by atoms with Gasteiger partial charge in [-0.3, -0.25) is 4.99 Å². The third-order valence-corrected chi connectivity index (χ3v) is 7.06. The molecule has 2 heterocycles. The number of piperidine rings is 1. The van der Waals surface area contributed by atoms with Crippen LogP contribution in [0.15, 0.2) is 22.5 Å². The quantitative estimate of drug-likeness (QED) is 0.621. The summed E-state index contributed by atoms with van der Waals surface area (Å²) in [6, 6.07) is 5.77. The molecule has 1 aliphatic carbocycles. The van der Waals surface area contributed by atoms with Gasteiger partial charge in [-0.2, -0.15) is 0 Å².